The van der Waals surface area contributed by atoms with Crippen molar-refractivity contribution >= 4 is 23.1 Å². The summed E-state index contributed by atoms with van der Waals surface area (Å²) in [6.45, 7) is 0. The summed E-state index contributed by atoms with van der Waals surface area (Å²) in [6.07, 6.45) is 1.22. The molecule has 0 atom stereocenters. The van der Waals surface area contributed by atoms with Gasteiger partial charge in [0.25, 0.3) is 0 Å². The van der Waals surface area contributed by atoms with E-state index in [1.807, 2.05) is 0 Å². The molecule has 0 bridgehead atoms. The summed E-state index contributed by atoms with van der Waals surface area (Å²) in [5.74, 6) is -1.68. The zero-order chi connectivity index (χ0) is 16.2. The molecule has 3 aromatic rings. The number of rotatable bonds is 4. The van der Waals surface area contributed by atoms with E-state index in [0.717, 1.165) is 12.1 Å². The minimum absolute atomic E-state index is 0.0957. The van der Waals surface area contributed by atoms with Gasteiger partial charge in [0.1, 0.15) is 23.1 Å². The molecule has 0 unspecified atom stereocenters. The lowest BCUT2D eigenvalue weighted by Gasteiger charge is -2.09. The summed E-state index contributed by atoms with van der Waals surface area (Å²) >= 11 is 0. The topological polar surface area (TPSA) is 62.7 Å². The fourth-order valence-electron chi connectivity index (χ4n) is 1.82. The Morgan fingerprint density at radius 3 is 2.22 bits per heavy atom. The van der Waals surface area contributed by atoms with Crippen molar-refractivity contribution < 1.29 is 13.2 Å². The molecule has 0 aliphatic heterocycles. The van der Waals surface area contributed by atoms with Crippen LogP contribution in [0.3, 0.4) is 0 Å². The number of hydrogen-bond acceptors (Lipinski definition) is 5. The normalized spacial score (nSPS) is 10.4. The Morgan fingerprint density at radius 2 is 1.52 bits per heavy atom. The lowest BCUT2D eigenvalue weighted by Crippen LogP contribution is -2.04. The minimum atomic E-state index is -0.753. The van der Waals surface area contributed by atoms with Crippen molar-refractivity contribution in [2.45, 2.75) is 0 Å². The average molecular weight is 317 g/mol. The number of anilines is 4. The van der Waals surface area contributed by atoms with Gasteiger partial charge in [0.2, 0.25) is 5.95 Å². The maximum atomic E-state index is 13.6. The van der Waals surface area contributed by atoms with Gasteiger partial charge in [-0.05, 0) is 36.4 Å². The van der Waals surface area contributed by atoms with Crippen LogP contribution in [-0.4, -0.2) is 15.2 Å². The Hall–Kier alpha value is -3.16. The van der Waals surface area contributed by atoms with Crippen molar-refractivity contribution in [3.8, 4) is 0 Å². The molecule has 0 aliphatic rings. The maximum absolute atomic E-state index is 13.6. The van der Waals surface area contributed by atoms with Crippen molar-refractivity contribution in [3.63, 3.8) is 0 Å². The molecule has 3 rings (SSSR count). The highest BCUT2D eigenvalue weighted by atomic mass is 19.1. The second kappa shape index (κ2) is 6.30. The number of benzene rings is 2. The molecule has 0 radical (unpaired) electrons. The van der Waals surface area contributed by atoms with E-state index < -0.39 is 11.6 Å². The third-order valence-electron chi connectivity index (χ3n) is 2.88. The first kappa shape index (κ1) is 14.8. The van der Waals surface area contributed by atoms with Gasteiger partial charge >= 0.3 is 0 Å². The average Bonchev–Trinajstić information content (AvgIpc) is 2.54. The van der Waals surface area contributed by atoms with Crippen molar-refractivity contribution in [2.75, 3.05) is 10.6 Å². The van der Waals surface area contributed by atoms with Gasteiger partial charge in [-0.3, -0.25) is 0 Å². The quantitative estimate of drug-likeness (QED) is 0.767. The number of nitrogens with one attached hydrogen (secondary N) is 2. The van der Waals surface area contributed by atoms with Gasteiger partial charge in [0.15, 0.2) is 5.82 Å². The van der Waals surface area contributed by atoms with Crippen LogP contribution >= 0.6 is 0 Å². The first-order valence-corrected chi connectivity index (χ1v) is 6.55. The second-order valence-electron chi connectivity index (χ2n) is 4.52. The van der Waals surface area contributed by atoms with E-state index in [1.165, 1.54) is 36.5 Å². The van der Waals surface area contributed by atoms with Gasteiger partial charge < -0.3 is 10.6 Å². The van der Waals surface area contributed by atoms with Gasteiger partial charge in [-0.15, -0.1) is 5.10 Å². The van der Waals surface area contributed by atoms with E-state index >= 15 is 0 Å². The fraction of sp³-hybridized carbons (Fsp3) is 0. The van der Waals surface area contributed by atoms with Crippen molar-refractivity contribution in [3.05, 3.63) is 66.1 Å². The lowest BCUT2D eigenvalue weighted by molar-refractivity contribution is 0.590. The minimum Gasteiger partial charge on any atom is -0.334 e. The van der Waals surface area contributed by atoms with E-state index in [1.54, 1.807) is 0 Å². The zero-order valence-electron chi connectivity index (χ0n) is 11.6. The van der Waals surface area contributed by atoms with E-state index in [2.05, 4.69) is 25.8 Å². The summed E-state index contributed by atoms with van der Waals surface area (Å²) in [5.41, 5.74) is 0.211. The fourth-order valence-corrected chi connectivity index (χ4v) is 1.82. The molecule has 0 fully saturated rings. The van der Waals surface area contributed by atoms with Crippen LogP contribution in [0.25, 0.3) is 0 Å². The predicted octanol–water partition coefficient (Wildman–Crippen LogP) is 3.78. The summed E-state index contributed by atoms with van der Waals surface area (Å²) < 4.78 is 40.1. The van der Waals surface area contributed by atoms with Gasteiger partial charge in [0, 0.05) is 5.69 Å². The third kappa shape index (κ3) is 3.54. The lowest BCUT2D eigenvalue weighted by atomic mass is 10.3. The van der Waals surface area contributed by atoms with E-state index in [9.17, 15) is 13.2 Å². The van der Waals surface area contributed by atoms with Gasteiger partial charge in [0.05, 0.1) is 6.20 Å². The molecule has 2 N–H and O–H groups in total. The monoisotopic (exact) mass is 317 g/mol. The van der Waals surface area contributed by atoms with Gasteiger partial charge in [-0.2, -0.15) is 10.1 Å². The molecule has 23 heavy (non-hydrogen) atoms. The molecule has 5 nitrogen and oxygen atoms in total. The van der Waals surface area contributed by atoms with Crippen LogP contribution in [0, 0.1) is 17.5 Å². The van der Waals surface area contributed by atoms with Crippen LogP contribution in [0.5, 0.6) is 0 Å². The van der Waals surface area contributed by atoms with Crippen LogP contribution in [-0.2, 0) is 0 Å². The van der Waals surface area contributed by atoms with Crippen LogP contribution in [0.15, 0.2) is 48.7 Å². The Balaban J connectivity index is 1.81. The van der Waals surface area contributed by atoms with E-state index in [4.69, 9.17) is 0 Å². The standard InChI is InChI=1S/C15H10F3N5/c16-9-4-6-10(7-5-9)20-15-22-13(8-19-23-15)21-14-11(17)2-1-3-12(14)18/h1-8H,(H2,20,21,22,23). The number of nitrogens with zero attached hydrogens (tertiary/aromatic N) is 3. The molecule has 1 aromatic heterocycles. The van der Waals surface area contributed by atoms with Crippen LogP contribution in [0.1, 0.15) is 0 Å². The Kier molecular flexibility index (Phi) is 4.05. The molecule has 0 saturated carbocycles. The molecule has 0 saturated heterocycles. The molecular formula is C15H10F3N5. The van der Waals surface area contributed by atoms with Crippen LogP contribution < -0.4 is 10.6 Å². The predicted molar refractivity (Wildman–Crippen MR) is 79.2 cm³/mol. The smallest absolute Gasteiger partial charge is 0.249 e. The molecule has 0 aliphatic carbocycles. The van der Waals surface area contributed by atoms with Crippen LogP contribution in [0.2, 0.25) is 0 Å². The molecule has 0 amide bonds. The highest BCUT2D eigenvalue weighted by molar-refractivity contribution is 5.59. The number of para-hydroxylation sites is 1. The van der Waals surface area contributed by atoms with Crippen molar-refractivity contribution in [1.29, 1.82) is 0 Å². The summed E-state index contributed by atoms with van der Waals surface area (Å²) in [4.78, 5) is 4.05. The highest BCUT2D eigenvalue weighted by Gasteiger charge is 2.10. The van der Waals surface area contributed by atoms with E-state index in [0.29, 0.717) is 5.69 Å². The van der Waals surface area contributed by atoms with Gasteiger partial charge in [-0.25, -0.2) is 13.2 Å². The molecule has 2 aromatic carbocycles. The molecule has 1 heterocycles. The maximum Gasteiger partial charge on any atom is 0.249 e. The second-order valence-corrected chi connectivity index (χ2v) is 4.52. The molecular weight excluding hydrogens is 307 g/mol. The Labute approximate surface area is 129 Å². The SMILES string of the molecule is Fc1ccc(Nc2nncc(Nc3c(F)cccc3F)n2)cc1. The highest BCUT2D eigenvalue weighted by Crippen LogP contribution is 2.22. The summed E-state index contributed by atoms with van der Waals surface area (Å²) in [5, 5.41) is 12.8. The zero-order valence-corrected chi connectivity index (χ0v) is 11.6. The number of aromatic nitrogens is 3. The summed E-state index contributed by atoms with van der Waals surface area (Å²) in [6, 6.07) is 9.04. The summed E-state index contributed by atoms with van der Waals surface area (Å²) in [7, 11) is 0. The molecule has 116 valence electrons. The largest absolute Gasteiger partial charge is 0.334 e. The molecule has 0 spiro atoms. The number of hydrogen-bond donors (Lipinski definition) is 2. The van der Waals surface area contributed by atoms with Crippen LogP contribution in [0.4, 0.5) is 36.3 Å². The third-order valence-corrected chi connectivity index (χ3v) is 2.88. The first-order valence-electron chi connectivity index (χ1n) is 6.55. The Morgan fingerprint density at radius 1 is 0.826 bits per heavy atom. The van der Waals surface area contributed by atoms with E-state index in [-0.39, 0.29) is 23.3 Å². The van der Waals surface area contributed by atoms with Crippen molar-refractivity contribution in [1.82, 2.24) is 15.2 Å². The Bertz CT molecular complexity index is 803. The van der Waals surface area contributed by atoms with Gasteiger partial charge in [-0.1, -0.05) is 6.07 Å². The number of halogens is 3. The molecule has 8 heteroatoms. The van der Waals surface area contributed by atoms with Crippen molar-refractivity contribution in [2.24, 2.45) is 0 Å². The first-order chi connectivity index (χ1) is 11.1.